The molecule has 74 heavy (non-hydrogen) atoms. The predicted octanol–water partition coefficient (Wildman–Crippen LogP) is -2.84. The van der Waals surface area contributed by atoms with Gasteiger partial charge in [-0.15, -0.1) is 0 Å². The van der Waals surface area contributed by atoms with Crippen LogP contribution in [-0.2, 0) is 56.0 Å². The minimum atomic E-state index is -1.36. The number of aliphatic imine (C=N–C) groups is 2. The molecule has 0 radical (unpaired) electrons. The van der Waals surface area contributed by atoms with E-state index >= 15 is 0 Å². The fourth-order valence-electron chi connectivity index (χ4n) is 8.88. The average Bonchev–Trinajstić information content (AvgIpc) is 4.02. The largest absolute Gasteiger partial charge is 0.370 e. The van der Waals surface area contributed by atoms with Crippen molar-refractivity contribution in [3.63, 3.8) is 0 Å². The smallest absolute Gasteiger partial charge is 0.245 e. The molecule has 0 saturated carbocycles. The highest BCUT2D eigenvalue weighted by Gasteiger charge is 2.40. The number of aromatic amines is 1. The van der Waals surface area contributed by atoms with Crippen LogP contribution in [0.25, 0.3) is 10.9 Å². The molecule has 25 heteroatoms. The van der Waals surface area contributed by atoms with Crippen LogP contribution < -0.4 is 65.9 Å². The molecule has 2 saturated heterocycles. The summed E-state index contributed by atoms with van der Waals surface area (Å²) in [6.07, 6.45) is 2.30. The minimum absolute atomic E-state index is 0.00572. The molecule has 400 valence electrons. The first kappa shape index (κ1) is 56.7. The van der Waals surface area contributed by atoms with Gasteiger partial charge in [-0.1, -0.05) is 48.5 Å². The summed E-state index contributed by atoms with van der Waals surface area (Å²) >= 11 is 0. The van der Waals surface area contributed by atoms with Crippen LogP contribution in [0.5, 0.6) is 0 Å². The van der Waals surface area contributed by atoms with Gasteiger partial charge in [-0.2, -0.15) is 0 Å². The second-order valence-electron chi connectivity index (χ2n) is 18.3. The third kappa shape index (κ3) is 17.5. The van der Waals surface area contributed by atoms with Crippen molar-refractivity contribution in [3.05, 3.63) is 71.9 Å². The van der Waals surface area contributed by atoms with E-state index in [9.17, 15) is 43.2 Å². The van der Waals surface area contributed by atoms with E-state index in [1.54, 1.807) is 36.5 Å². The molecular formula is C49H70N16O9. The predicted molar refractivity (Wildman–Crippen MR) is 275 cm³/mol. The molecule has 0 bridgehead atoms. The van der Waals surface area contributed by atoms with Crippen molar-refractivity contribution in [3.8, 4) is 0 Å². The van der Waals surface area contributed by atoms with Gasteiger partial charge in [0.15, 0.2) is 11.9 Å². The Morgan fingerprint density at radius 1 is 0.730 bits per heavy atom. The first-order valence-corrected chi connectivity index (χ1v) is 24.7. The van der Waals surface area contributed by atoms with E-state index in [0.29, 0.717) is 24.0 Å². The lowest BCUT2D eigenvalue weighted by molar-refractivity contribution is -0.142. The number of carbonyl (C=O) groups excluding carboxylic acids is 9. The molecule has 3 aromatic rings. The number of fused-ring (bicyclic) bond motifs is 2. The summed E-state index contributed by atoms with van der Waals surface area (Å²) in [6, 6.07) is 7.30. The van der Waals surface area contributed by atoms with Crippen molar-refractivity contribution in [2.45, 2.75) is 126 Å². The number of nitrogens with zero attached hydrogens (tertiary/aromatic N) is 3. The van der Waals surface area contributed by atoms with Crippen molar-refractivity contribution in [1.82, 2.24) is 47.1 Å². The summed E-state index contributed by atoms with van der Waals surface area (Å²) in [6.45, 7) is 1.59. The normalized spacial score (nSPS) is 22.1. The number of carbonyl (C=O) groups is 9. The lowest BCUT2D eigenvalue weighted by Gasteiger charge is -2.31. The lowest BCUT2D eigenvalue weighted by atomic mass is 10.0. The average molecular weight is 1030 g/mol. The number of nitrogens with two attached hydrogens (primary N) is 5. The summed E-state index contributed by atoms with van der Waals surface area (Å²) in [5, 5.41) is 19.8. The van der Waals surface area contributed by atoms with E-state index in [1.807, 2.05) is 24.3 Å². The molecule has 9 amide bonds. The number of primary amides is 1. The van der Waals surface area contributed by atoms with Gasteiger partial charge < -0.3 is 75.8 Å². The van der Waals surface area contributed by atoms with Crippen molar-refractivity contribution >= 4 is 76.0 Å². The van der Waals surface area contributed by atoms with Crippen LogP contribution in [0.1, 0.15) is 82.3 Å². The van der Waals surface area contributed by atoms with Crippen molar-refractivity contribution < 1.29 is 43.2 Å². The number of H-pyrrole nitrogens is 1. The number of guanidine groups is 2. The quantitative estimate of drug-likeness (QED) is 0.0391. The summed E-state index contributed by atoms with van der Waals surface area (Å²) in [5.74, 6) is -6.68. The Morgan fingerprint density at radius 3 is 2.07 bits per heavy atom. The minimum Gasteiger partial charge on any atom is -0.370 e. The van der Waals surface area contributed by atoms with Gasteiger partial charge in [0, 0.05) is 69.5 Å². The van der Waals surface area contributed by atoms with Crippen LogP contribution in [0.15, 0.2) is 70.8 Å². The second kappa shape index (κ2) is 28.1. The van der Waals surface area contributed by atoms with E-state index in [-0.39, 0.29) is 102 Å². The second-order valence-corrected chi connectivity index (χ2v) is 18.3. The molecule has 0 aliphatic carbocycles. The molecule has 3 unspecified atom stereocenters. The molecule has 18 N–H and O–H groups in total. The molecule has 0 spiro atoms. The van der Waals surface area contributed by atoms with Crippen LogP contribution in [0.3, 0.4) is 0 Å². The maximum absolute atomic E-state index is 14.6. The molecule has 2 aliphatic rings. The molecule has 1 aromatic heterocycles. The molecule has 2 aliphatic heterocycles. The number of hydrogen-bond acceptors (Lipinski definition) is 11. The lowest BCUT2D eigenvalue weighted by Crippen LogP contribution is -2.60. The number of amides is 9. The van der Waals surface area contributed by atoms with Crippen LogP contribution in [0.2, 0.25) is 0 Å². The highest BCUT2D eigenvalue weighted by Crippen LogP contribution is 2.22. The highest BCUT2D eigenvalue weighted by atomic mass is 16.2. The Bertz CT molecular complexity index is 2530. The zero-order valence-corrected chi connectivity index (χ0v) is 41.5. The van der Waals surface area contributed by atoms with E-state index < -0.39 is 95.5 Å². The van der Waals surface area contributed by atoms with Gasteiger partial charge >= 0.3 is 0 Å². The Labute approximate surface area is 428 Å². The number of hydrogen-bond donors (Lipinski definition) is 13. The fourth-order valence-corrected chi connectivity index (χ4v) is 8.88. The first-order valence-electron chi connectivity index (χ1n) is 24.7. The Balaban J connectivity index is 1.51. The molecule has 2 aromatic carbocycles. The summed E-state index contributed by atoms with van der Waals surface area (Å²) < 4.78 is 0. The number of para-hydroxylation sites is 1. The van der Waals surface area contributed by atoms with Gasteiger partial charge in [-0.25, -0.2) is 0 Å². The molecule has 5 rings (SSSR count). The SMILES string of the molecule is CC(=O)N[C@@H](CCCN=C(N)N)C(=O)NC1CCCNC(=O)CCC(C(N)=O)NC(=O)[C@H](Cc2c[nH]c3ccccc23)NC(=O)[C@H](CCCN=C(N)N)NC(=O)C(Cc2ccccc2)NC(=O)[C@@H]2CCCN2C1=O. The van der Waals surface area contributed by atoms with Gasteiger partial charge in [0.2, 0.25) is 53.2 Å². The standard InChI is InChI=1S/C49H70N16O9/c1-28(66)59-34(15-7-22-56-48(51)52)42(69)62-36-17-9-21-55-40(67)20-19-33(41(50)68)60-45(72)38(26-30-27-58-32-14-6-5-13-31(30)32)63-43(70)35(16-8-23-57-49(53)54)61-44(71)37(25-29-11-3-2-4-12-29)64-46(73)39-18-10-24-65(39)47(36)74/h2-6,11-14,27,33-39,58H,7-10,15-26H2,1H3,(H2,50,68)(H,55,67)(H,59,66)(H,60,72)(H,61,71)(H,62,69)(H,63,70)(H,64,73)(H4,51,52,56)(H4,53,54,57)/t33?,34-,35-,36?,37?,38-,39-/m0/s1. The van der Waals surface area contributed by atoms with Gasteiger partial charge in [-0.3, -0.25) is 53.1 Å². The third-order valence-electron chi connectivity index (χ3n) is 12.6. The topological polar surface area (TPSA) is 412 Å². The molecule has 25 nitrogen and oxygen atoms in total. The highest BCUT2D eigenvalue weighted by molar-refractivity contribution is 5.98. The first-order chi connectivity index (χ1) is 35.4. The van der Waals surface area contributed by atoms with E-state index in [2.05, 4.69) is 52.2 Å². The Kier molecular flexibility index (Phi) is 21.5. The molecule has 3 heterocycles. The van der Waals surface area contributed by atoms with E-state index in [0.717, 1.165) is 10.9 Å². The number of rotatable bonds is 16. The van der Waals surface area contributed by atoms with Gasteiger partial charge in [0.05, 0.1) is 0 Å². The zero-order valence-electron chi connectivity index (χ0n) is 41.5. The summed E-state index contributed by atoms with van der Waals surface area (Å²) in [5.41, 5.74) is 29.9. The van der Waals surface area contributed by atoms with Crippen LogP contribution >= 0.6 is 0 Å². The number of benzene rings is 2. The Morgan fingerprint density at radius 2 is 1.36 bits per heavy atom. The van der Waals surface area contributed by atoms with Gasteiger partial charge in [0.25, 0.3) is 0 Å². The van der Waals surface area contributed by atoms with Crippen molar-refractivity contribution in [2.75, 3.05) is 26.2 Å². The van der Waals surface area contributed by atoms with Crippen LogP contribution in [0, 0.1) is 0 Å². The van der Waals surface area contributed by atoms with Crippen molar-refractivity contribution in [2.24, 2.45) is 38.7 Å². The number of nitrogens with one attached hydrogen (secondary N) is 8. The molecular weight excluding hydrogens is 957 g/mol. The van der Waals surface area contributed by atoms with E-state index in [4.69, 9.17) is 28.7 Å². The summed E-state index contributed by atoms with van der Waals surface area (Å²) in [4.78, 5) is 137. The van der Waals surface area contributed by atoms with Gasteiger partial charge in [-0.05, 0) is 75.0 Å². The Hall–Kier alpha value is -8.25. The molecule has 7 atom stereocenters. The van der Waals surface area contributed by atoms with E-state index in [1.165, 1.54) is 11.8 Å². The van der Waals surface area contributed by atoms with Gasteiger partial charge in [0.1, 0.15) is 42.3 Å². The summed E-state index contributed by atoms with van der Waals surface area (Å²) in [7, 11) is 0. The zero-order chi connectivity index (χ0) is 53.7. The third-order valence-corrected chi connectivity index (χ3v) is 12.6. The monoisotopic (exact) mass is 1030 g/mol. The van der Waals surface area contributed by atoms with Crippen LogP contribution in [-0.4, -0.2) is 143 Å². The number of aromatic nitrogens is 1. The van der Waals surface area contributed by atoms with Crippen molar-refractivity contribution in [1.29, 1.82) is 0 Å². The maximum Gasteiger partial charge on any atom is 0.245 e. The maximum atomic E-state index is 14.6. The van der Waals surface area contributed by atoms with Crippen LogP contribution in [0.4, 0.5) is 0 Å². The molecule has 2 fully saturated rings. The fraction of sp³-hybridized carbons (Fsp3) is 0.490.